The second kappa shape index (κ2) is 8.17. The summed E-state index contributed by atoms with van der Waals surface area (Å²) in [6, 6.07) is 18.6. The predicted octanol–water partition coefficient (Wildman–Crippen LogP) is 4.95. The number of para-hydroxylation sites is 1. The summed E-state index contributed by atoms with van der Waals surface area (Å²) in [6.07, 6.45) is 2.69. The van der Waals surface area contributed by atoms with E-state index in [2.05, 4.69) is 46.3 Å². The maximum absolute atomic E-state index is 13.5. The van der Waals surface area contributed by atoms with Gasteiger partial charge in [-0.25, -0.2) is 4.39 Å². The van der Waals surface area contributed by atoms with Crippen LogP contribution >= 0.6 is 0 Å². The van der Waals surface area contributed by atoms with Crippen LogP contribution in [0.3, 0.4) is 0 Å². The summed E-state index contributed by atoms with van der Waals surface area (Å²) in [4.78, 5) is 12.8. The smallest absolute Gasteiger partial charge is 0.227 e. The van der Waals surface area contributed by atoms with E-state index in [0.29, 0.717) is 19.0 Å². The van der Waals surface area contributed by atoms with Crippen LogP contribution in [-0.2, 0) is 17.8 Å². The highest BCUT2D eigenvalue weighted by molar-refractivity contribution is 5.94. The van der Waals surface area contributed by atoms with Gasteiger partial charge in [0.25, 0.3) is 0 Å². The second-order valence-electron chi connectivity index (χ2n) is 7.57. The van der Waals surface area contributed by atoms with E-state index in [0.717, 1.165) is 41.4 Å². The number of likely N-dealkylation sites (N-methyl/N-ethyl adjacent to an activating group) is 1. The average molecular weight is 378 g/mol. The minimum absolute atomic E-state index is 0.0880. The molecular formula is C24H27FN2O. The summed E-state index contributed by atoms with van der Waals surface area (Å²) in [5.41, 5.74) is 4.60. The van der Waals surface area contributed by atoms with Crippen LogP contribution in [0, 0.1) is 0 Å². The van der Waals surface area contributed by atoms with E-state index in [-0.39, 0.29) is 11.8 Å². The molecule has 0 saturated carbocycles. The lowest BCUT2D eigenvalue weighted by Gasteiger charge is -2.30. The van der Waals surface area contributed by atoms with Crippen molar-refractivity contribution in [2.24, 2.45) is 0 Å². The molecule has 2 aromatic carbocycles. The summed E-state index contributed by atoms with van der Waals surface area (Å²) < 4.78 is 15.6. The number of nitrogens with one attached hydrogen (secondary N) is 1. The van der Waals surface area contributed by atoms with Gasteiger partial charge in [0.15, 0.2) is 0 Å². The molecule has 1 aliphatic carbocycles. The Bertz CT molecular complexity index is 963. The number of carbonyl (C=O) groups excluding carboxylic acids is 1. The van der Waals surface area contributed by atoms with Crippen molar-refractivity contribution in [1.29, 1.82) is 0 Å². The lowest BCUT2D eigenvalue weighted by molar-refractivity contribution is -0.122. The molecule has 0 saturated heterocycles. The van der Waals surface area contributed by atoms with Crippen molar-refractivity contribution in [2.45, 2.75) is 44.6 Å². The number of alkyl halides is 1. The largest absolute Gasteiger partial charge is 0.356 e. The number of carbonyl (C=O) groups is 1. The molecule has 1 aliphatic rings. The molecule has 0 fully saturated rings. The number of fused-ring (bicyclic) bond motifs is 3. The Labute approximate surface area is 165 Å². The van der Waals surface area contributed by atoms with Gasteiger partial charge in [-0.05, 0) is 43.4 Å². The Balaban J connectivity index is 1.86. The van der Waals surface area contributed by atoms with Crippen molar-refractivity contribution in [1.82, 2.24) is 9.88 Å². The molecule has 4 heteroatoms. The molecule has 2 atom stereocenters. The molecule has 1 aromatic heterocycles. The molecule has 3 aromatic rings. The third-order valence-electron chi connectivity index (χ3n) is 5.89. The monoisotopic (exact) mass is 378 g/mol. The SMILES string of the molecule is CCNC(=O)C1CCC(Cc2ccccc2)c2c1c1ccccc1n2CCF. The summed E-state index contributed by atoms with van der Waals surface area (Å²) in [6.45, 7) is 2.51. The Hall–Kier alpha value is -2.62. The van der Waals surface area contributed by atoms with Crippen molar-refractivity contribution < 1.29 is 9.18 Å². The van der Waals surface area contributed by atoms with E-state index >= 15 is 0 Å². The van der Waals surface area contributed by atoms with Gasteiger partial charge in [-0.1, -0.05) is 48.5 Å². The second-order valence-corrected chi connectivity index (χ2v) is 7.57. The van der Waals surface area contributed by atoms with E-state index in [4.69, 9.17) is 0 Å². The van der Waals surface area contributed by atoms with Crippen LogP contribution in [0.2, 0.25) is 0 Å². The van der Waals surface area contributed by atoms with E-state index in [9.17, 15) is 9.18 Å². The van der Waals surface area contributed by atoms with Gasteiger partial charge >= 0.3 is 0 Å². The quantitative estimate of drug-likeness (QED) is 0.647. The van der Waals surface area contributed by atoms with Gasteiger partial charge in [-0.2, -0.15) is 0 Å². The molecule has 2 unspecified atom stereocenters. The zero-order chi connectivity index (χ0) is 19.5. The summed E-state index contributed by atoms with van der Waals surface area (Å²) in [5, 5.41) is 4.10. The van der Waals surface area contributed by atoms with Crippen LogP contribution in [0.15, 0.2) is 54.6 Å². The maximum atomic E-state index is 13.5. The highest BCUT2D eigenvalue weighted by Crippen LogP contribution is 2.45. The fraction of sp³-hybridized carbons (Fsp3) is 0.375. The third kappa shape index (κ3) is 3.32. The average Bonchev–Trinajstić information content (AvgIpc) is 3.05. The maximum Gasteiger partial charge on any atom is 0.227 e. The fourth-order valence-electron chi connectivity index (χ4n) is 4.79. The van der Waals surface area contributed by atoms with Gasteiger partial charge in [0.2, 0.25) is 5.91 Å². The molecule has 28 heavy (non-hydrogen) atoms. The lowest BCUT2D eigenvalue weighted by atomic mass is 9.76. The molecule has 0 spiro atoms. The standard InChI is InChI=1S/C24H27FN2O/c1-2-26-24(28)20-13-12-18(16-17-8-4-3-5-9-17)23-22(20)19-10-6-7-11-21(19)27(23)15-14-25/h3-11,18,20H,2,12-16H2,1H3,(H,26,28). The van der Waals surface area contributed by atoms with Crippen molar-refractivity contribution in [2.75, 3.05) is 13.2 Å². The Morgan fingerprint density at radius 2 is 1.86 bits per heavy atom. The molecule has 1 heterocycles. The first kappa shape index (κ1) is 18.7. The zero-order valence-corrected chi connectivity index (χ0v) is 16.3. The zero-order valence-electron chi connectivity index (χ0n) is 16.3. The van der Waals surface area contributed by atoms with Crippen LogP contribution < -0.4 is 5.32 Å². The summed E-state index contributed by atoms with van der Waals surface area (Å²) in [5.74, 6) is 0.222. The predicted molar refractivity (Wildman–Crippen MR) is 111 cm³/mol. The van der Waals surface area contributed by atoms with Gasteiger partial charge in [0, 0.05) is 29.1 Å². The van der Waals surface area contributed by atoms with Crippen LogP contribution in [-0.4, -0.2) is 23.7 Å². The van der Waals surface area contributed by atoms with Gasteiger partial charge < -0.3 is 9.88 Å². The van der Waals surface area contributed by atoms with E-state index < -0.39 is 6.67 Å². The molecule has 0 bridgehead atoms. The minimum Gasteiger partial charge on any atom is -0.356 e. The Morgan fingerprint density at radius 3 is 2.61 bits per heavy atom. The number of nitrogens with zero attached hydrogens (tertiary/aromatic N) is 1. The van der Waals surface area contributed by atoms with Crippen molar-refractivity contribution in [3.63, 3.8) is 0 Å². The van der Waals surface area contributed by atoms with Crippen molar-refractivity contribution in [3.05, 3.63) is 71.4 Å². The third-order valence-corrected chi connectivity index (χ3v) is 5.89. The van der Waals surface area contributed by atoms with Crippen molar-refractivity contribution in [3.8, 4) is 0 Å². The molecule has 1 amide bonds. The van der Waals surface area contributed by atoms with E-state index in [1.54, 1.807) is 0 Å². The number of halogens is 1. The molecule has 4 rings (SSSR count). The number of benzene rings is 2. The van der Waals surface area contributed by atoms with Crippen molar-refractivity contribution >= 4 is 16.8 Å². The molecule has 0 radical (unpaired) electrons. The molecule has 1 N–H and O–H groups in total. The summed E-state index contributed by atoms with van der Waals surface area (Å²) in [7, 11) is 0. The van der Waals surface area contributed by atoms with Gasteiger partial charge in [0.05, 0.1) is 12.5 Å². The number of aromatic nitrogens is 1. The molecular weight excluding hydrogens is 351 g/mol. The number of aryl methyl sites for hydroxylation is 1. The van der Waals surface area contributed by atoms with Crippen LogP contribution in [0.4, 0.5) is 4.39 Å². The lowest BCUT2D eigenvalue weighted by Crippen LogP contribution is -2.32. The van der Waals surface area contributed by atoms with Gasteiger partial charge in [0.1, 0.15) is 6.67 Å². The van der Waals surface area contributed by atoms with Gasteiger partial charge in [-0.3, -0.25) is 4.79 Å². The Morgan fingerprint density at radius 1 is 1.11 bits per heavy atom. The number of rotatable bonds is 6. The molecule has 0 aliphatic heterocycles. The van der Waals surface area contributed by atoms with Gasteiger partial charge in [-0.15, -0.1) is 0 Å². The number of hydrogen-bond acceptors (Lipinski definition) is 1. The van der Waals surface area contributed by atoms with E-state index in [1.807, 2.05) is 25.1 Å². The normalized spacial score (nSPS) is 18.8. The highest BCUT2D eigenvalue weighted by atomic mass is 19.1. The fourth-order valence-corrected chi connectivity index (χ4v) is 4.79. The first-order valence-electron chi connectivity index (χ1n) is 10.2. The topological polar surface area (TPSA) is 34.0 Å². The first-order valence-corrected chi connectivity index (χ1v) is 10.2. The molecule has 146 valence electrons. The van der Waals surface area contributed by atoms with Crippen LogP contribution in [0.1, 0.15) is 48.4 Å². The van der Waals surface area contributed by atoms with E-state index in [1.165, 1.54) is 5.56 Å². The Kier molecular flexibility index (Phi) is 5.47. The van der Waals surface area contributed by atoms with Crippen LogP contribution in [0.25, 0.3) is 10.9 Å². The molecule has 3 nitrogen and oxygen atoms in total. The highest BCUT2D eigenvalue weighted by Gasteiger charge is 2.36. The summed E-state index contributed by atoms with van der Waals surface area (Å²) >= 11 is 0. The number of hydrogen-bond donors (Lipinski definition) is 1. The van der Waals surface area contributed by atoms with Crippen LogP contribution in [0.5, 0.6) is 0 Å². The minimum atomic E-state index is -0.408. The first-order chi connectivity index (χ1) is 13.7. The number of amides is 1.